The van der Waals surface area contributed by atoms with E-state index in [9.17, 15) is 4.79 Å². The molecule has 4 nitrogen and oxygen atoms in total. The van der Waals surface area contributed by atoms with Crippen LogP contribution in [0.5, 0.6) is 0 Å². The summed E-state index contributed by atoms with van der Waals surface area (Å²) in [5.74, 6) is 0.870. The summed E-state index contributed by atoms with van der Waals surface area (Å²) in [6.07, 6.45) is 2.06. The number of nitrogens with zero attached hydrogens (tertiary/aromatic N) is 1. The van der Waals surface area contributed by atoms with Crippen molar-refractivity contribution in [3.05, 3.63) is 17.8 Å². The molecule has 1 rings (SSSR count). The average Bonchev–Trinajstić information content (AvgIpc) is 2.22. The highest BCUT2D eigenvalue weighted by Gasteiger charge is 2.22. The lowest BCUT2D eigenvalue weighted by Gasteiger charge is -2.26. The number of nitrogens with two attached hydrogens (primary N) is 1. The predicted octanol–water partition coefficient (Wildman–Crippen LogP) is 2.98. The Morgan fingerprint density at radius 3 is 2.61 bits per heavy atom. The number of amides is 1. The molecule has 1 aromatic heterocycles. The van der Waals surface area contributed by atoms with Gasteiger partial charge in [0.05, 0.1) is 11.9 Å². The Hall–Kier alpha value is -1.58. The Kier molecular flexibility index (Phi) is 4.33. The van der Waals surface area contributed by atoms with Gasteiger partial charge in [-0.05, 0) is 29.9 Å². The van der Waals surface area contributed by atoms with Gasteiger partial charge in [0.2, 0.25) is 5.91 Å². The molecular weight excluding hydrogens is 226 g/mol. The summed E-state index contributed by atoms with van der Waals surface area (Å²) >= 11 is 0. The molecule has 0 aliphatic rings. The number of carbonyl (C=O) groups is 1. The second-order valence-electron chi connectivity index (χ2n) is 5.95. The molecule has 0 bridgehead atoms. The molecule has 1 heterocycles. The maximum Gasteiger partial charge on any atom is 0.225 e. The van der Waals surface area contributed by atoms with Crippen LogP contribution >= 0.6 is 0 Å². The number of hydrogen-bond donors (Lipinski definition) is 2. The van der Waals surface area contributed by atoms with Crippen LogP contribution in [0.2, 0.25) is 0 Å². The third-order valence-corrected chi connectivity index (χ3v) is 3.39. The van der Waals surface area contributed by atoms with E-state index in [0.29, 0.717) is 23.8 Å². The fourth-order valence-corrected chi connectivity index (χ4v) is 1.41. The van der Waals surface area contributed by atoms with Crippen LogP contribution in [-0.4, -0.2) is 10.9 Å². The smallest absolute Gasteiger partial charge is 0.225 e. The van der Waals surface area contributed by atoms with E-state index in [0.717, 1.165) is 5.56 Å². The lowest BCUT2D eigenvalue weighted by atomic mass is 9.80. The van der Waals surface area contributed by atoms with E-state index >= 15 is 0 Å². The molecule has 100 valence electrons. The van der Waals surface area contributed by atoms with Gasteiger partial charge in [0, 0.05) is 6.42 Å². The van der Waals surface area contributed by atoms with Crippen LogP contribution < -0.4 is 11.1 Å². The quantitative estimate of drug-likeness (QED) is 0.865. The Morgan fingerprint density at radius 2 is 2.11 bits per heavy atom. The molecule has 1 amide bonds. The van der Waals surface area contributed by atoms with Crippen LogP contribution in [0, 0.1) is 18.3 Å². The first-order chi connectivity index (χ1) is 8.20. The molecule has 1 atom stereocenters. The Balaban J connectivity index is 2.62. The third kappa shape index (κ3) is 4.02. The molecule has 0 aromatic carbocycles. The molecule has 0 saturated carbocycles. The minimum atomic E-state index is -0.00547. The van der Waals surface area contributed by atoms with Gasteiger partial charge < -0.3 is 11.1 Å². The molecule has 1 aromatic rings. The van der Waals surface area contributed by atoms with E-state index in [4.69, 9.17) is 5.73 Å². The topological polar surface area (TPSA) is 68.0 Å². The minimum Gasteiger partial charge on any atom is -0.397 e. The number of carbonyl (C=O) groups excluding carboxylic acids is 1. The van der Waals surface area contributed by atoms with Crippen molar-refractivity contribution in [2.45, 2.75) is 41.0 Å². The van der Waals surface area contributed by atoms with Gasteiger partial charge in [-0.15, -0.1) is 0 Å². The van der Waals surface area contributed by atoms with Crippen LogP contribution in [0.4, 0.5) is 11.5 Å². The number of rotatable bonds is 3. The lowest BCUT2D eigenvalue weighted by Crippen LogP contribution is -2.24. The van der Waals surface area contributed by atoms with E-state index in [1.807, 2.05) is 6.92 Å². The highest BCUT2D eigenvalue weighted by atomic mass is 16.1. The van der Waals surface area contributed by atoms with Crippen LogP contribution in [0.25, 0.3) is 0 Å². The predicted molar refractivity (Wildman–Crippen MR) is 75.3 cm³/mol. The van der Waals surface area contributed by atoms with Crippen LogP contribution in [0.15, 0.2) is 12.3 Å². The summed E-state index contributed by atoms with van der Waals surface area (Å²) in [6, 6.07) is 1.79. The van der Waals surface area contributed by atoms with Crippen molar-refractivity contribution in [3.63, 3.8) is 0 Å². The van der Waals surface area contributed by atoms with E-state index in [2.05, 4.69) is 38.0 Å². The number of nitrogens with one attached hydrogen (secondary N) is 1. The SMILES string of the molecule is Cc1cc(NC(=O)CC(C)C(C)(C)C)ncc1N. The summed E-state index contributed by atoms with van der Waals surface area (Å²) in [7, 11) is 0. The van der Waals surface area contributed by atoms with Gasteiger partial charge >= 0.3 is 0 Å². The summed E-state index contributed by atoms with van der Waals surface area (Å²) in [6.45, 7) is 10.4. The maximum absolute atomic E-state index is 11.9. The molecule has 0 spiro atoms. The van der Waals surface area contributed by atoms with Crippen LogP contribution in [0.1, 0.15) is 39.7 Å². The highest BCUT2D eigenvalue weighted by Crippen LogP contribution is 2.28. The van der Waals surface area contributed by atoms with Crippen molar-refractivity contribution in [1.82, 2.24) is 4.98 Å². The van der Waals surface area contributed by atoms with Crippen molar-refractivity contribution >= 4 is 17.4 Å². The van der Waals surface area contributed by atoms with E-state index in [1.54, 1.807) is 12.3 Å². The summed E-state index contributed by atoms with van der Waals surface area (Å²) < 4.78 is 0. The van der Waals surface area contributed by atoms with Gasteiger partial charge in [0.1, 0.15) is 5.82 Å². The first-order valence-corrected chi connectivity index (χ1v) is 6.22. The van der Waals surface area contributed by atoms with Crippen molar-refractivity contribution in [2.75, 3.05) is 11.1 Å². The molecular formula is C14H23N3O. The number of pyridine rings is 1. The zero-order valence-electron chi connectivity index (χ0n) is 11.9. The fourth-order valence-electron chi connectivity index (χ4n) is 1.41. The largest absolute Gasteiger partial charge is 0.397 e. The van der Waals surface area contributed by atoms with Gasteiger partial charge in [0.15, 0.2) is 0 Å². The molecule has 0 saturated heterocycles. The molecule has 0 radical (unpaired) electrons. The second-order valence-corrected chi connectivity index (χ2v) is 5.95. The number of aromatic nitrogens is 1. The van der Waals surface area contributed by atoms with Gasteiger partial charge in [-0.25, -0.2) is 4.98 Å². The molecule has 0 aliphatic carbocycles. The lowest BCUT2D eigenvalue weighted by molar-refractivity contribution is -0.117. The van der Waals surface area contributed by atoms with Gasteiger partial charge in [-0.1, -0.05) is 27.7 Å². The Bertz CT molecular complexity index is 435. The number of nitrogen functional groups attached to an aromatic ring is 1. The van der Waals surface area contributed by atoms with Crippen LogP contribution in [-0.2, 0) is 4.79 Å². The maximum atomic E-state index is 11.9. The minimum absolute atomic E-state index is 0.00547. The third-order valence-electron chi connectivity index (χ3n) is 3.39. The van der Waals surface area contributed by atoms with Crippen molar-refractivity contribution < 1.29 is 4.79 Å². The Labute approximate surface area is 109 Å². The molecule has 3 N–H and O–H groups in total. The van der Waals surface area contributed by atoms with Crippen molar-refractivity contribution in [3.8, 4) is 0 Å². The first-order valence-electron chi connectivity index (χ1n) is 6.22. The standard InChI is InChI=1S/C14H23N3O/c1-9-6-12(16-8-11(9)15)17-13(18)7-10(2)14(3,4)5/h6,8,10H,7,15H2,1-5H3,(H,16,17,18). The van der Waals surface area contributed by atoms with Gasteiger partial charge in [-0.3, -0.25) is 4.79 Å². The Morgan fingerprint density at radius 1 is 1.50 bits per heavy atom. The zero-order chi connectivity index (χ0) is 13.9. The first kappa shape index (κ1) is 14.5. The number of aryl methyl sites for hydroxylation is 1. The van der Waals surface area contributed by atoms with E-state index < -0.39 is 0 Å². The zero-order valence-corrected chi connectivity index (χ0v) is 11.9. The van der Waals surface area contributed by atoms with E-state index in [-0.39, 0.29) is 11.3 Å². The second kappa shape index (κ2) is 5.38. The number of hydrogen-bond acceptors (Lipinski definition) is 3. The molecule has 0 aliphatic heterocycles. The van der Waals surface area contributed by atoms with Crippen LogP contribution in [0.3, 0.4) is 0 Å². The summed E-state index contributed by atoms with van der Waals surface area (Å²) in [4.78, 5) is 16.0. The van der Waals surface area contributed by atoms with Gasteiger partial charge in [-0.2, -0.15) is 0 Å². The number of anilines is 2. The average molecular weight is 249 g/mol. The summed E-state index contributed by atoms with van der Waals surface area (Å²) in [5, 5.41) is 2.81. The molecule has 18 heavy (non-hydrogen) atoms. The van der Waals surface area contributed by atoms with Crippen molar-refractivity contribution in [2.24, 2.45) is 11.3 Å². The fraction of sp³-hybridized carbons (Fsp3) is 0.571. The normalized spacial score (nSPS) is 13.2. The van der Waals surface area contributed by atoms with Gasteiger partial charge in [0.25, 0.3) is 0 Å². The van der Waals surface area contributed by atoms with Crippen molar-refractivity contribution in [1.29, 1.82) is 0 Å². The molecule has 1 unspecified atom stereocenters. The highest BCUT2D eigenvalue weighted by molar-refractivity contribution is 5.90. The van der Waals surface area contributed by atoms with E-state index in [1.165, 1.54) is 0 Å². The molecule has 4 heteroatoms. The monoisotopic (exact) mass is 249 g/mol. The molecule has 0 fully saturated rings. The summed E-state index contributed by atoms with van der Waals surface area (Å²) in [5.41, 5.74) is 7.36.